The smallest absolute Gasteiger partial charge is 0.307 e. The molecule has 10 nitrogen and oxygen atoms in total. The SMILES string of the molecule is CCC=CC1CCCC(O)C(C)C(=O)C2=CC3C(C=C(C)C4C(O)C(OC5OC(C)C(OC)C(OC)C5OC)CC34)C2CC(=O)O1. The zero-order chi connectivity index (χ0) is 33.3. The van der Waals surface area contributed by atoms with E-state index in [1.807, 2.05) is 39.0 Å². The van der Waals surface area contributed by atoms with E-state index < -0.39 is 42.7 Å². The lowest BCUT2D eigenvalue weighted by Crippen LogP contribution is -2.60. The fourth-order valence-corrected chi connectivity index (χ4v) is 8.85. The van der Waals surface area contributed by atoms with Gasteiger partial charge in [0.1, 0.15) is 24.4 Å². The minimum absolute atomic E-state index is 0.0121. The van der Waals surface area contributed by atoms with Crippen LogP contribution < -0.4 is 0 Å². The molecule has 2 aliphatic heterocycles. The number of methoxy groups -OCH3 is 3. The van der Waals surface area contributed by atoms with E-state index in [0.717, 1.165) is 12.0 Å². The van der Waals surface area contributed by atoms with Gasteiger partial charge in [-0.05, 0) is 75.4 Å². The molecule has 5 rings (SSSR count). The summed E-state index contributed by atoms with van der Waals surface area (Å²) in [7, 11) is 4.80. The number of carbonyl (C=O) groups is 2. The number of Topliss-reactive ketones (excluding diaryl/α,β-unsaturated/α-hetero) is 1. The van der Waals surface area contributed by atoms with Gasteiger partial charge >= 0.3 is 5.97 Å². The number of allylic oxidation sites excluding steroid dienone is 4. The van der Waals surface area contributed by atoms with Gasteiger partial charge in [0, 0.05) is 39.1 Å². The Labute approximate surface area is 273 Å². The molecular weight excluding hydrogens is 592 g/mol. The Balaban J connectivity index is 1.41. The lowest BCUT2D eigenvalue weighted by atomic mass is 9.67. The van der Waals surface area contributed by atoms with Crippen molar-refractivity contribution >= 4 is 11.8 Å². The number of esters is 1. The number of rotatable bonds is 7. The first kappa shape index (κ1) is 35.4. The lowest BCUT2D eigenvalue weighted by molar-refractivity contribution is -0.319. The first-order chi connectivity index (χ1) is 22.0. The van der Waals surface area contributed by atoms with Gasteiger partial charge < -0.3 is 38.6 Å². The van der Waals surface area contributed by atoms with E-state index in [2.05, 4.69) is 6.08 Å². The highest BCUT2D eigenvalue weighted by atomic mass is 16.7. The number of carbonyl (C=O) groups excluding carboxylic acids is 2. The summed E-state index contributed by atoms with van der Waals surface area (Å²) >= 11 is 0. The van der Waals surface area contributed by atoms with Crippen LogP contribution in [0.2, 0.25) is 0 Å². The van der Waals surface area contributed by atoms with Crippen LogP contribution in [0.1, 0.15) is 66.2 Å². The summed E-state index contributed by atoms with van der Waals surface area (Å²) in [4.78, 5) is 27.3. The van der Waals surface area contributed by atoms with Crippen LogP contribution in [0.25, 0.3) is 0 Å². The van der Waals surface area contributed by atoms with Gasteiger partial charge in [0.05, 0.1) is 30.8 Å². The molecule has 0 radical (unpaired) electrons. The van der Waals surface area contributed by atoms with Gasteiger partial charge in [-0.15, -0.1) is 0 Å². The zero-order valence-electron chi connectivity index (χ0n) is 28.4. The standard InChI is InChI=1S/C36H54O10/c1-8-9-11-21-12-10-13-27(37)19(3)31(39)26-15-23-22(24(26)17-29(38)45-21)14-18(2)30-25(23)16-28(32(30)40)46-36-35(43-7)34(42-6)33(41-5)20(4)44-36/h9,11,14-15,19-25,27-28,30,32-37,40H,8,10,12-13,16-17H2,1-7H3. The van der Waals surface area contributed by atoms with Gasteiger partial charge in [-0.3, -0.25) is 9.59 Å². The van der Waals surface area contributed by atoms with Crippen molar-refractivity contribution in [1.82, 2.24) is 0 Å². The molecule has 0 aromatic rings. The predicted molar refractivity (Wildman–Crippen MR) is 169 cm³/mol. The first-order valence-electron chi connectivity index (χ1n) is 17.1. The van der Waals surface area contributed by atoms with Gasteiger partial charge in [-0.2, -0.15) is 0 Å². The average Bonchev–Trinajstić information content (AvgIpc) is 3.55. The topological polar surface area (TPSA) is 130 Å². The summed E-state index contributed by atoms with van der Waals surface area (Å²) in [6.07, 6.45) is 6.39. The molecule has 46 heavy (non-hydrogen) atoms. The van der Waals surface area contributed by atoms with Crippen molar-refractivity contribution in [2.75, 3.05) is 21.3 Å². The third kappa shape index (κ3) is 6.81. The zero-order valence-corrected chi connectivity index (χ0v) is 28.4. The Morgan fingerprint density at radius 2 is 1.70 bits per heavy atom. The van der Waals surface area contributed by atoms with Crippen molar-refractivity contribution in [3.05, 3.63) is 35.5 Å². The summed E-state index contributed by atoms with van der Waals surface area (Å²) in [6, 6.07) is 0. The molecule has 2 heterocycles. The fourth-order valence-electron chi connectivity index (χ4n) is 8.85. The summed E-state index contributed by atoms with van der Waals surface area (Å²) < 4.78 is 35.8. The van der Waals surface area contributed by atoms with E-state index in [1.165, 1.54) is 0 Å². The molecule has 15 atom stereocenters. The molecule has 15 unspecified atom stereocenters. The molecule has 10 heteroatoms. The Morgan fingerprint density at radius 3 is 2.37 bits per heavy atom. The van der Waals surface area contributed by atoms with Crippen LogP contribution in [0.5, 0.6) is 0 Å². The number of aliphatic hydroxyl groups is 2. The third-order valence-corrected chi connectivity index (χ3v) is 11.2. The molecule has 2 saturated heterocycles. The van der Waals surface area contributed by atoms with Gasteiger partial charge in [0.2, 0.25) is 0 Å². The van der Waals surface area contributed by atoms with E-state index in [4.69, 9.17) is 28.4 Å². The van der Waals surface area contributed by atoms with Crippen LogP contribution in [-0.4, -0.2) is 98.4 Å². The number of fused-ring (bicyclic) bond motifs is 5. The van der Waals surface area contributed by atoms with E-state index in [-0.39, 0.29) is 66.1 Å². The molecule has 3 fully saturated rings. The molecule has 0 bridgehead atoms. The van der Waals surface area contributed by atoms with E-state index in [9.17, 15) is 19.8 Å². The molecule has 0 amide bonds. The van der Waals surface area contributed by atoms with Crippen LogP contribution in [-0.2, 0) is 38.0 Å². The van der Waals surface area contributed by atoms with Crippen molar-refractivity contribution in [3.8, 4) is 0 Å². The van der Waals surface area contributed by atoms with Crippen molar-refractivity contribution in [2.24, 2.45) is 35.5 Å². The van der Waals surface area contributed by atoms with Crippen LogP contribution in [0.15, 0.2) is 35.5 Å². The van der Waals surface area contributed by atoms with Gasteiger partial charge in [0.25, 0.3) is 0 Å². The Kier molecular flexibility index (Phi) is 11.6. The summed E-state index contributed by atoms with van der Waals surface area (Å²) in [5.41, 5.74) is 1.62. The Hall–Kier alpha value is -1.92. The van der Waals surface area contributed by atoms with Crippen LogP contribution in [0, 0.1) is 35.5 Å². The summed E-state index contributed by atoms with van der Waals surface area (Å²) in [6.45, 7) is 7.75. The van der Waals surface area contributed by atoms with Crippen molar-refractivity contribution in [1.29, 1.82) is 0 Å². The molecular formula is C36H54O10. The maximum absolute atomic E-state index is 13.9. The van der Waals surface area contributed by atoms with Crippen molar-refractivity contribution in [3.63, 3.8) is 0 Å². The maximum Gasteiger partial charge on any atom is 0.307 e. The normalized spacial score (nSPS) is 45.2. The number of cyclic esters (lactones) is 1. The quantitative estimate of drug-likeness (QED) is 0.310. The number of aliphatic hydroxyl groups excluding tert-OH is 2. The van der Waals surface area contributed by atoms with Crippen LogP contribution in [0.3, 0.4) is 0 Å². The average molecular weight is 647 g/mol. The highest BCUT2D eigenvalue weighted by Gasteiger charge is 2.56. The fraction of sp³-hybridized carbons (Fsp3) is 0.778. The Bertz CT molecular complexity index is 1180. The van der Waals surface area contributed by atoms with E-state index in [0.29, 0.717) is 31.3 Å². The molecule has 1 saturated carbocycles. The highest BCUT2D eigenvalue weighted by molar-refractivity contribution is 5.99. The molecule has 258 valence electrons. The number of hydrogen-bond donors (Lipinski definition) is 2. The summed E-state index contributed by atoms with van der Waals surface area (Å²) in [5, 5.41) is 22.7. The molecule has 3 aliphatic carbocycles. The second-order valence-corrected chi connectivity index (χ2v) is 13.9. The second kappa shape index (κ2) is 15.1. The molecule has 0 aromatic carbocycles. The maximum atomic E-state index is 13.9. The molecule has 2 N–H and O–H groups in total. The van der Waals surface area contributed by atoms with Gasteiger partial charge in [0.15, 0.2) is 12.1 Å². The molecule has 0 aromatic heterocycles. The van der Waals surface area contributed by atoms with Gasteiger partial charge in [-0.25, -0.2) is 0 Å². The summed E-state index contributed by atoms with van der Waals surface area (Å²) in [5.74, 6) is -1.74. The van der Waals surface area contributed by atoms with E-state index in [1.54, 1.807) is 28.3 Å². The van der Waals surface area contributed by atoms with Crippen molar-refractivity contribution < 1.29 is 48.2 Å². The lowest BCUT2D eigenvalue weighted by Gasteiger charge is -2.44. The minimum Gasteiger partial charge on any atom is -0.458 e. The molecule has 5 aliphatic rings. The van der Waals surface area contributed by atoms with E-state index >= 15 is 0 Å². The highest BCUT2D eigenvalue weighted by Crippen LogP contribution is 2.56. The monoisotopic (exact) mass is 646 g/mol. The number of hydrogen-bond acceptors (Lipinski definition) is 10. The largest absolute Gasteiger partial charge is 0.458 e. The minimum atomic E-state index is -0.794. The van der Waals surface area contributed by atoms with Crippen LogP contribution in [0.4, 0.5) is 0 Å². The third-order valence-electron chi connectivity index (χ3n) is 11.2. The first-order valence-corrected chi connectivity index (χ1v) is 17.1. The Morgan fingerprint density at radius 1 is 0.978 bits per heavy atom. The predicted octanol–water partition coefficient (Wildman–Crippen LogP) is 3.93. The number of ether oxygens (including phenoxy) is 6. The van der Waals surface area contributed by atoms with Crippen LogP contribution >= 0.6 is 0 Å². The molecule has 0 spiro atoms. The van der Waals surface area contributed by atoms with Crippen molar-refractivity contribution in [2.45, 2.75) is 121 Å². The second-order valence-electron chi connectivity index (χ2n) is 13.9. The number of ketones is 1. The van der Waals surface area contributed by atoms with Gasteiger partial charge in [-0.1, -0.05) is 37.6 Å².